The molecule has 0 aliphatic carbocycles. The van der Waals surface area contributed by atoms with E-state index in [1.165, 1.54) is 12.8 Å². The Morgan fingerprint density at radius 3 is 2.67 bits per heavy atom. The van der Waals surface area contributed by atoms with Crippen molar-refractivity contribution in [3.05, 3.63) is 23.9 Å². The number of alkyl halides is 2. The van der Waals surface area contributed by atoms with Crippen molar-refractivity contribution in [2.45, 2.75) is 39.7 Å². The average molecular weight is 341 g/mol. The molecule has 1 aromatic heterocycles. The van der Waals surface area contributed by atoms with E-state index in [0.717, 1.165) is 24.5 Å². The maximum Gasteiger partial charge on any atom is 0.261 e. The predicted octanol–water partition coefficient (Wildman–Crippen LogP) is 2.61. The third-order valence-corrected chi connectivity index (χ3v) is 4.01. The van der Waals surface area contributed by atoms with Crippen LogP contribution in [-0.4, -0.2) is 43.6 Å². The molecule has 5 nitrogen and oxygen atoms in total. The molecule has 1 fully saturated rings. The molecule has 2 rings (SSSR count). The predicted molar refractivity (Wildman–Crippen MR) is 88.1 cm³/mol. The first-order valence-electron chi connectivity index (χ1n) is 8.22. The number of nitrogens with zero attached hydrogens (tertiary/aromatic N) is 2. The standard InChI is InChI=1S/C17H25F2N3O2/c1-17(2,12-24-11-14(18)19)16(23)21-10-13-5-6-15(20-9-13)22-7-3-4-8-22/h5-6,9,14H,3-4,7-8,10-12H2,1-2H3,(H,21,23). The van der Waals surface area contributed by atoms with E-state index in [-0.39, 0.29) is 12.5 Å². The van der Waals surface area contributed by atoms with Gasteiger partial charge in [-0.2, -0.15) is 0 Å². The summed E-state index contributed by atoms with van der Waals surface area (Å²) in [4.78, 5) is 18.9. The van der Waals surface area contributed by atoms with Gasteiger partial charge in [0.15, 0.2) is 0 Å². The van der Waals surface area contributed by atoms with Gasteiger partial charge in [0.25, 0.3) is 6.43 Å². The van der Waals surface area contributed by atoms with E-state index in [2.05, 4.69) is 15.2 Å². The summed E-state index contributed by atoms with van der Waals surface area (Å²) in [6, 6.07) is 3.91. The lowest BCUT2D eigenvalue weighted by Gasteiger charge is -2.23. The Labute approximate surface area is 141 Å². The smallest absolute Gasteiger partial charge is 0.261 e. The molecule has 0 saturated carbocycles. The molecule has 1 aromatic rings. The summed E-state index contributed by atoms with van der Waals surface area (Å²) in [6.45, 7) is 5.06. The Bertz CT molecular complexity index is 529. The molecule has 1 aliphatic heterocycles. The molecule has 134 valence electrons. The van der Waals surface area contributed by atoms with Gasteiger partial charge in [-0.1, -0.05) is 6.07 Å². The number of hydrogen-bond donors (Lipinski definition) is 1. The summed E-state index contributed by atoms with van der Waals surface area (Å²) < 4.78 is 29.1. The van der Waals surface area contributed by atoms with Crippen LogP contribution in [0.1, 0.15) is 32.3 Å². The molecule has 1 N–H and O–H groups in total. The molecule has 0 radical (unpaired) electrons. The number of anilines is 1. The van der Waals surface area contributed by atoms with Gasteiger partial charge in [0.05, 0.1) is 12.0 Å². The summed E-state index contributed by atoms with van der Waals surface area (Å²) in [7, 11) is 0. The molecule has 0 spiro atoms. The highest BCUT2D eigenvalue weighted by Gasteiger charge is 2.28. The third kappa shape index (κ3) is 5.40. The van der Waals surface area contributed by atoms with Gasteiger partial charge in [-0.3, -0.25) is 4.79 Å². The van der Waals surface area contributed by atoms with E-state index in [9.17, 15) is 13.6 Å². The number of carbonyl (C=O) groups excluding carboxylic acids is 1. The van der Waals surface area contributed by atoms with Crippen LogP contribution < -0.4 is 10.2 Å². The van der Waals surface area contributed by atoms with Gasteiger partial charge in [-0.15, -0.1) is 0 Å². The number of ether oxygens (including phenoxy) is 1. The van der Waals surface area contributed by atoms with E-state index in [1.807, 2.05) is 12.1 Å². The molecule has 1 amide bonds. The minimum atomic E-state index is -2.52. The van der Waals surface area contributed by atoms with Crippen molar-refractivity contribution in [1.29, 1.82) is 0 Å². The molecule has 1 saturated heterocycles. The van der Waals surface area contributed by atoms with Crippen LogP contribution in [0, 0.1) is 5.41 Å². The van der Waals surface area contributed by atoms with Crippen LogP contribution in [0.15, 0.2) is 18.3 Å². The number of hydrogen-bond acceptors (Lipinski definition) is 4. The minimum Gasteiger partial charge on any atom is -0.374 e. The summed E-state index contributed by atoms with van der Waals surface area (Å²) in [5.41, 5.74) is 0.0354. The Balaban J connectivity index is 1.80. The van der Waals surface area contributed by atoms with Crippen LogP contribution in [0.25, 0.3) is 0 Å². The van der Waals surface area contributed by atoms with Crippen molar-refractivity contribution in [2.75, 3.05) is 31.2 Å². The molecule has 0 unspecified atom stereocenters. The Morgan fingerprint density at radius 2 is 2.08 bits per heavy atom. The van der Waals surface area contributed by atoms with Crippen LogP contribution in [-0.2, 0) is 16.1 Å². The molecule has 0 bridgehead atoms. The van der Waals surface area contributed by atoms with Crippen LogP contribution in [0.3, 0.4) is 0 Å². The van der Waals surface area contributed by atoms with E-state index in [4.69, 9.17) is 4.74 Å². The van der Waals surface area contributed by atoms with Gasteiger partial charge >= 0.3 is 0 Å². The fraction of sp³-hybridized carbons (Fsp3) is 0.647. The van der Waals surface area contributed by atoms with Crippen molar-refractivity contribution in [3.8, 4) is 0 Å². The number of nitrogens with one attached hydrogen (secondary N) is 1. The molecule has 7 heteroatoms. The zero-order valence-corrected chi connectivity index (χ0v) is 14.2. The highest BCUT2D eigenvalue weighted by Crippen LogP contribution is 2.19. The maximum absolute atomic E-state index is 12.2. The first kappa shape index (κ1) is 18.6. The average Bonchev–Trinajstić information content (AvgIpc) is 3.07. The van der Waals surface area contributed by atoms with Gasteiger partial charge in [0.1, 0.15) is 12.4 Å². The molecule has 0 aromatic carbocycles. The monoisotopic (exact) mass is 341 g/mol. The van der Waals surface area contributed by atoms with Crippen LogP contribution in [0.4, 0.5) is 14.6 Å². The second-order valence-corrected chi connectivity index (χ2v) is 6.69. The lowest BCUT2D eigenvalue weighted by Crippen LogP contribution is -2.40. The zero-order valence-electron chi connectivity index (χ0n) is 14.2. The summed E-state index contributed by atoms with van der Waals surface area (Å²) >= 11 is 0. The summed E-state index contributed by atoms with van der Waals surface area (Å²) in [6.07, 6.45) is 1.63. The zero-order chi connectivity index (χ0) is 17.6. The van der Waals surface area contributed by atoms with Gasteiger partial charge in [0, 0.05) is 25.8 Å². The fourth-order valence-corrected chi connectivity index (χ4v) is 2.54. The number of rotatable bonds is 8. The summed E-state index contributed by atoms with van der Waals surface area (Å²) in [5.74, 6) is 0.726. The van der Waals surface area contributed by atoms with E-state index >= 15 is 0 Å². The number of carbonyl (C=O) groups is 1. The third-order valence-electron chi connectivity index (χ3n) is 4.01. The van der Waals surface area contributed by atoms with Crippen molar-refractivity contribution >= 4 is 11.7 Å². The quantitative estimate of drug-likeness (QED) is 0.790. The van der Waals surface area contributed by atoms with Crippen molar-refractivity contribution in [2.24, 2.45) is 5.41 Å². The van der Waals surface area contributed by atoms with Gasteiger partial charge < -0.3 is 15.0 Å². The number of halogens is 2. The first-order chi connectivity index (χ1) is 11.4. The van der Waals surface area contributed by atoms with Gasteiger partial charge in [-0.25, -0.2) is 13.8 Å². The number of pyridine rings is 1. The van der Waals surface area contributed by atoms with Gasteiger partial charge in [0.2, 0.25) is 5.91 Å². The minimum absolute atomic E-state index is 0.0463. The Kier molecular flexibility index (Phi) is 6.48. The number of amides is 1. The topological polar surface area (TPSA) is 54.5 Å². The Morgan fingerprint density at radius 1 is 1.38 bits per heavy atom. The molecule has 2 heterocycles. The van der Waals surface area contributed by atoms with Crippen molar-refractivity contribution in [1.82, 2.24) is 10.3 Å². The Hall–Kier alpha value is -1.76. The molecular weight excluding hydrogens is 316 g/mol. The fourth-order valence-electron chi connectivity index (χ4n) is 2.54. The number of aromatic nitrogens is 1. The lowest BCUT2D eigenvalue weighted by atomic mass is 9.93. The van der Waals surface area contributed by atoms with Gasteiger partial charge in [-0.05, 0) is 38.3 Å². The maximum atomic E-state index is 12.2. The second kappa shape index (κ2) is 8.37. The molecule has 0 atom stereocenters. The van der Waals surface area contributed by atoms with E-state index in [1.54, 1.807) is 20.0 Å². The SMILES string of the molecule is CC(C)(COCC(F)F)C(=O)NCc1ccc(N2CCCC2)nc1. The second-order valence-electron chi connectivity index (χ2n) is 6.69. The lowest BCUT2D eigenvalue weighted by molar-refractivity contribution is -0.133. The van der Waals surface area contributed by atoms with Crippen LogP contribution in [0.2, 0.25) is 0 Å². The molecule has 24 heavy (non-hydrogen) atoms. The van der Waals surface area contributed by atoms with E-state index in [0.29, 0.717) is 6.54 Å². The summed E-state index contributed by atoms with van der Waals surface area (Å²) in [5, 5.41) is 2.81. The largest absolute Gasteiger partial charge is 0.374 e. The van der Waals surface area contributed by atoms with Crippen molar-refractivity contribution < 1.29 is 18.3 Å². The van der Waals surface area contributed by atoms with Crippen molar-refractivity contribution in [3.63, 3.8) is 0 Å². The van der Waals surface area contributed by atoms with Crippen LogP contribution in [0.5, 0.6) is 0 Å². The highest BCUT2D eigenvalue weighted by molar-refractivity contribution is 5.81. The molecular formula is C17H25F2N3O2. The highest BCUT2D eigenvalue weighted by atomic mass is 19.3. The van der Waals surface area contributed by atoms with E-state index < -0.39 is 18.4 Å². The van der Waals surface area contributed by atoms with Crippen LogP contribution >= 0.6 is 0 Å². The molecule has 1 aliphatic rings. The normalized spacial score (nSPS) is 15.1. The first-order valence-corrected chi connectivity index (χ1v) is 8.22.